The fourth-order valence-electron chi connectivity index (χ4n) is 3.26. The lowest BCUT2D eigenvalue weighted by molar-refractivity contribution is 0.139. The molecule has 28 heavy (non-hydrogen) atoms. The zero-order chi connectivity index (χ0) is 19.6. The van der Waals surface area contributed by atoms with Gasteiger partial charge in [-0.2, -0.15) is 0 Å². The summed E-state index contributed by atoms with van der Waals surface area (Å²) in [6.45, 7) is 13.3. The highest BCUT2D eigenvalue weighted by atomic mass is 16.3. The quantitative estimate of drug-likeness (QED) is 0.536. The lowest BCUT2D eigenvalue weighted by atomic mass is 10.2. The van der Waals surface area contributed by atoms with E-state index in [4.69, 9.17) is 4.42 Å². The molecule has 2 N–H and O–H groups in total. The van der Waals surface area contributed by atoms with Crippen molar-refractivity contribution in [1.82, 2.24) is 25.4 Å². The van der Waals surface area contributed by atoms with Gasteiger partial charge in [0.1, 0.15) is 12.0 Å². The van der Waals surface area contributed by atoms with Crippen LogP contribution in [-0.4, -0.2) is 73.1 Å². The van der Waals surface area contributed by atoms with Gasteiger partial charge in [0.2, 0.25) is 5.89 Å². The largest absolute Gasteiger partial charge is 0.444 e. The number of nitrogens with one attached hydrogen (secondary N) is 2. The maximum absolute atomic E-state index is 5.59. The summed E-state index contributed by atoms with van der Waals surface area (Å²) in [7, 11) is 0. The zero-order valence-electron chi connectivity index (χ0n) is 17.0. The van der Waals surface area contributed by atoms with Crippen molar-refractivity contribution in [2.45, 2.75) is 20.4 Å². The maximum atomic E-state index is 5.59. The van der Waals surface area contributed by atoms with Crippen molar-refractivity contribution in [3.05, 3.63) is 42.3 Å². The van der Waals surface area contributed by atoms with Crippen LogP contribution in [0.15, 0.2) is 46.0 Å². The van der Waals surface area contributed by atoms with Gasteiger partial charge in [-0.3, -0.25) is 4.90 Å². The fourth-order valence-corrected chi connectivity index (χ4v) is 3.26. The second kappa shape index (κ2) is 10.8. The molecule has 2 aromatic rings. The smallest absolute Gasteiger partial charge is 0.226 e. The lowest BCUT2D eigenvalue weighted by Gasteiger charge is -2.34. The van der Waals surface area contributed by atoms with Crippen molar-refractivity contribution < 1.29 is 4.42 Å². The molecule has 2 heterocycles. The second-order valence-electron chi connectivity index (χ2n) is 6.91. The predicted octanol–water partition coefficient (Wildman–Crippen LogP) is 2.03. The molecule has 152 valence electrons. The molecule has 3 rings (SSSR count). The highest BCUT2D eigenvalue weighted by molar-refractivity contribution is 5.79. The van der Waals surface area contributed by atoms with Crippen LogP contribution in [0.25, 0.3) is 11.5 Å². The van der Waals surface area contributed by atoms with E-state index in [9.17, 15) is 0 Å². The SMILES string of the molecule is CCNC(=NCc1coc(-c2ccccc2)n1)NCCN1CCN(CC)CC1. The first-order valence-corrected chi connectivity index (χ1v) is 10.2. The Morgan fingerprint density at radius 2 is 1.82 bits per heavy atom. The number of oxazole rings is 1. The van der Waals surface area contributed by atoms with Crippen molar-refractivity contribution in [2.24, 2.45) is 4.99 Å². The van der Waals surface area contributed by atoms with Crippen molar-refractivity contribution in [3.63, 3.8) is 0 Å². The Morgan fingerprint density at radius 1 is 1.07 bits per heavy atom. The zero-order valence-corrected chi connectivity index (χ0v) is 17.0. The molecule has 0 aliphatic carbocycles. The van der Waals surface area contributed by atoms with Crippen LogP contribution in [0.1, 0.15) is 19.5 Å². The third-order valence-electron chi connectivity index (χ3n) is 4.95. The van der Waals surface area contributed by atoms with E-state index in [0.29, 0.717) is 12.4 Å². The van der Waals surface area contributed by atoms with Crippen LogP contribution < -0.4 is 10.6 Å². The average Bonchev–Trinajstić information content (AvgIpc) is 3.22. The summed E-state index contributed by atoms with van der Waals surface area (Å²) in [4.78, 5) is 14.2. The van der Waals surface area contributed by atoms with E-state index in [1.807, 2.05) is 30.3 Å². The minimum atomic E-state index is 0.487. The summed E-state index contributed by atoms with van der Waals surface area (Å²) in [5.41, 5.74) is 1.80. The molecule has 0 atom stereocenters. The molecule has 0 saturated carbocycles. The lowest BCUT2D eigenvalue weighted by Crippen LogP contribution is -2.49. The van der Waals surface area contributed by atoms with Gasteiger partial charge in [0.05, 0.1) is 6.54 Å². The molecule has 1 saturated heterocycles. The molecule has 1 fully saturated rings. The van der Waals surface area contributed by atoms with Crippen molar-refractivity contribution in [1.29, 1.82) is 0 Å². The van der Waals surface area contributed by atoms with Gasteiger partial charge in [-0.25, -0.2) is 9.98 Å². The number of aromatic nitrogens is 1. The molecular weight excluding hydrogens is 352 g/mol. The summed E-state index contributed by atoms with van der Waals surface area (Å²) >= 11 is 0. The molecule has 1 aromatic carbocycles. The van der Waals surface area contributed by atoms with E-state index < -0.39 is 0 Å². The normalized spacial score (nSPS) is 16.3. The van der Waals surface area contributed by atoms with Crippen LogP contribution in [0.3, 0.4) is 0 Å². The molecule has 1 aliphatic heterocycles. The van der Waals surface area contributed by atoms with E-state index in [-0.39, 0.29) is 0 Å². The molecule has 0 unspecified atom stereocenters. The van der Waals surface area contributed by atoms with Gasteiger partial charge >= 0.3 is 0 Å². The number of aliphatic imine (C=N–C) groups is 1. The third-order valence-corrected chi connectivity index (χ3v) is 4.95. The summed E-state index contributed by atoms with van der Waals surface area (Å²) < 4.78 is 5.59. The number of likely N-dealkylation sites (N-methyl/N-ethyl adjacent to an activating group) is 1. The first-order chi connectivity index (χ1) is 13.8. The van der Waals surface area contributed by atoms with Crippen LogP contribution in [0.5, 0.6) is 0 Å². The molecule has 7 heteroatoms. The van der Waals surface area contributed by atoms with Gasteiger partial charge < -0.3 is 20.0 Å². The Balaban J connectivity index is 1.47. The molecule has 7 nitrogen and oxygen atoms in total. The van der Waals surface area contributed by atoms with Crippen molar-refractivity contribution >= 4 is 5.96 Å². The van der Waals surface area contributed by atoms with Gasteiger partial charge in [-0.05, 0) is 25.6 Å². The van der Waals surface area contributed by atoms with Crippen LogP contribution in [0.4, 0.5) is 0 Å². The Bertz CT molecular complexity index is 722. The van der Waals surface area contributed by atoms with Crippen molar-refractivity contribution in [2.75, 3.05) is 52.4 Å². The molecule has 0 bridgehead atoms. The van der Waals surface area contributed by atoms with Crippen LogP contribution in [0, 0.1) is 0 Å². The molecular formula is C21H32N6O. The van der Waals surface area contributed by atoms with Crippen LogP contribution in [0.2, 0.25) is 0 Å². The Morgan fingerprint density at radius 3 is 2.54 bits per heavy atom. The number of benzene rings is 1. The molecule has 0 amide bonds. The highest BCUT2D eigenvalue weighted by Crippen LogP contribution is 2.18. The van der Waals surface area contributed by atoms with Crippen molar-refractivity contribution in [3.8, 4) is 11.5 Å². The standard InChI is InChI=1S/C21H32N6O/c1-3-22-21(23-10-11-27-14-12-26(4-2)13-15-27)24-16-19-17-28-20(25-19)18-8-6-5-7-9-18/h5-9,17H,3-4,10-16H2,1-2H3,(H2,22,23,24). The monoisotopic (exact) mass is 384 g/mol. The predicted molar refractivity (Wildman–Crippen MR) is 113 cm³/mol. The highest BCUT2D eigenvalue weighted by Gasteiger charge is 2.14. The number of nitrogens with zero attached hydrogens (tertiary/aromatic N) is 4. The fraction of sp³-hybridized carbons (Fsp3) is 0.524. The summed E-state index contributed by atoms with van der Waals surface area (Å²) in [6.07, 6.45) is 1.68. The first-order valence-electron chi connectivity index (χ1n) is 10.2. The maximum Gasteiger partial charge on any atom is 0.226 e. The number of hydrogen-bond acceptors (Lipinski definition) is 5. The van der Waals surface area contributed by atoms with Gasteiger partial charge in [-0.15, -0.1) is 0 Å². The summed E-state index contributed by atoms with van der Waals surface area (Å²) in [5, 5.41) is 6.73. The topological polar surface area (TPSA) is 68.9 Å². The van der Waals surface area contributed by atoms with E-state index in [1.54, 1.807) is 6.26 Å². The van der Waals surface area contributed by atoms with Gasteiger partial charge in [0.25, 0.3) is 0 Å². The Hall–Kier alpha value is -2.38. The van der Waals surface area contributed by atoms with Crippen LogP contribution >= 0.6 is 0 Å². The number of guanidine groups is 1. The molecule has 0 spiro atoms. The minimum absolute atomic E-state index is 0.487. The van der Waals surface area contributed by atoms with Crippen LogP contribution in [-0.2, 0) is 6.54 Å². The first kappa shape index (κ1) is 20.4. The molecule has 0 radical (unpaired) electrons. The second-order valence-corrected chi connectivity index (χ2v) is 6.91. The minimum Gasteiger partial charge on any atom is -0.444 e. The average molecular weight is 385 g/mol. The van der Waals surface area contributed by atoms with Gasteiger partial charge in [0, 0.05) is 51.4 Å². The van der Waals surface area contributed by atoms with E-state index in [1.165, 1.54) is 13.1 Å². The summed E-state index contributed by atoms with van der Waals surface area (Å²) in [6, 6.07) is 9.92. The Labute approximate surface area is 167 Å². The Kier molecular flexibility index (Phi) is 7.87. The summed E-state index contributed by atoms with van der Waals surface area (Å²) in [5.74, 6) is 1.45. The number of hydrogen-bond donors (Lipinski definition) is 2. The third kappa shape index (κ3) is 6.07. The van der Waals surface area contributed by atoms with E-state index in [2.05, 4.69) is 44.3 Å². The van der Waals surface area contributed by atoms with Gasteiger partial charge in [-0.1, -0.05) is 25.1 Å². The number of piperazine rings is 1. The van der Waals surface area contributed by atoms with E-state index >= 15 is 0 Å². The number of rotatable bonds is 8. The van der Waals surface area contributed by atoms with E-state index in [0.717, 1.165) is 56.5 Å². The molecule has 1 aromatic heterocycles. The van der Waals surface area contributed by atoms with Gasteiger partial charge in [0.15, 0.2) is 5.96 Å². The molecule has 1 aliphatic rings.